The Morgan fingerprint density at radius 1 is 1.20 bits per heavy atom. The Bertz CT molecular complexity index is 840. The van der Waals surface area contributed by atoms with Crippen molar-refractivity contribution >= 4 is 22.8 Å². The molecule has 25 heavy (non-hydrogen) atoms. The van der Waals surface area contributed by atoms with Crippen LogP contribution in [-0.4, -0.2) is 45.5 Å². The zero-order valence-corrected chi connectivity index (χ0v) is 14.2. The Morgan fingerprint density at radius 3 is 2.68 bits per heavy atom. The number of hydrogen-bond acceptors (Lipinski definition) is 5. The summed E-state index contributed by atoms with van der Waals surface area (Å²) in [5.41, 5.74) is 0.267. The first kappa shape index (κ1) is 17.1. The number of benzene rings is 1. The number of aromatic nitrogens is 2. The van der Waals surface area contributed by atoms with Crippen LogP contribution in [0.25, 0.3) is 10.9 Å². The van der Waals surface area contributed by atoms with Gasteiger partial charge in [-0.2, -0.15) is 0 Å². The van der Waals surface area contributed by atoms with Crippen molar-refractivity contribution in [2.45, 2.75) is 38.8 Å². The van der Waals surface area contributed by atoms with Crippen molar-refractivity contribution in [2.24, 2.45) is 0 Å². The van der Waals surface area contributed by atoms with Crippen molar-refractivity contribution in [1.82, 2.24) is 14.5 Å². The second-order valence-electron chi connectivity index (χ2n) is 6.21. The van der Waals surface area contributed by atoms with E-state index in [1.165, 1.54) is 10.9 Å². The van der Waals surface area contributed by atoms with Gasteiger partial charge in [0, 0.05) is 13.1 Å². The molecule has 7 nitrogen and oxygen atoms in total. The highest BCUT2D eigenvalue weighted by atomic mass is 16.5. The van der Waals surface area contributed by atoms with Crippen LogP contribution in [0.5, 0.6) is 0 Å². The highest BCUT2D eigenvalue weighted by Gasteiger charge is 2.25. The summed E-state index contributed by atoms with van der Waals surface area (Å²) in [6.07, 6.45) is 3.54. The number of likely N-dealkylation sites (tertiary alicyclic amines) is 1. The van der Waals surface area contributed by atoms with E-state index in [9.17, 15) is 14.4 Å². The number of piperidine rings is 1. The SMILES string of the molecule is C[C@H](OC(=O)Cn1cnc2ccccc2c1=O)C(=O)N1CCCCC1. The summed E-state index contributed by atoms with van der Waals surface area (Å²) in [7, 11) is 0. The molecule has 0 saturated carbocycles. The van der Waals surface area contributed by atoms with Crippen LogP contribution < -0.4 is 5.56 Å². The summed E-state index contributed by atoms with van der Waals surface area (Å²) in [6.45, 7) is 2.70. The maximum absolute atomic E-state index is 12.4. The summed E-state index contributed by atoms with van der Waals surface area (Å²) in [5, 5.41) is 0.440. The van der Waals surface area contributed by atoms with E-state index in [4.69, 9.17) is 4.74 Å². The lowest BCUT2D eigenvalue weighted by Crippen LogP contribution is -2.43. The van der Waals surface area contributed by atoms with E-state index in [1.54, 1.807) is 36.1 Å². The standard InChI is InChI=1S/C18H21N3O4/c1-13(17(23)20-9-5-2-6-10-20)25-16(22)11-21-12-19-15-8-4-3-7-14(15)18(21)24/h3-4,7-8,12-13H,2,5-6,9-11H2,1H3/t13-/m0/s1. The topological polar surface area (TPSA) is 81.5 Å². The summed E-state index contributed by atoms with van der Waals surface area (Å²) < 4.78 is 6.42. The summed E-state index contributed by atoms with van der Waals surface area (Å²) in [4.78, 5) is 42.7. The Labute approximate surface area is 145 Å². The fraction of sp³-hybridized carbons (Fsp3) is 0.444. The van der Waals surface area contributed by atoms with Gasteiger partial charge in [-0.1, -0.05) is 12.1 Å². The molecule has 2 aromatic rings. The lowest BCUT2D eigenvalue weighted by Gasteiger charge is -2.28. The number of carbonyl (C=O) groups is 2. The lowest BCUT2D eigenvalue weighted by atomic mass is 10.1. The average Bonchev–Trinajstić information content (AvgIpc) is 2.64. The van der Waals surface area contributed by atoms with Gasteiger partial charge >= 0.3 is 5.97 Å². The maximum atomic E-state index is 12.4. The minimum atomic E-state index is -0.852. The van der Waals surface area contributed by atoms with Crippen molar-refractivity contribution in [2.75, 3.05) is 13.1 Å². The van der Waals surface area contributed by atoms with E-state index in [0.29, 0.717) is 24.0 Å². The monoisotopic (exact) mass is 343 g/mol. The Morgan fingerprint density at radius 2 is 1.92 bits per heavy atom. The third kappa shape index (κ3) is 3.87. The van der Waals surface area contributed by atoms with Gasteiger partial charge in [0.1, 0.15) is 6.54 Å². The highest BCUT2D eigenvalue weighted by molar-refractivity contribution is 5.83. The molecule has 2 heterocycles. The molecule has 1 aliphatic heterocycles. The maximum Gasteiger partial charge on any atom is 0.326 e. The van der Waals surface area contributed by atoms with Crippen molar-refractivity contribution in [3.8, 4) is 0 Å². The molecular formula is C18H21N3O4. The van der Waals surface area contributed by atoms with Crippen LogP contribution in [0, 0.1) is 0 Å². The van der Waals surface area contributed by atoms with Crippen LogP contribution in [-0.2, 0) is 20.9 Å². The number of fused-ring (bicyclic) bond motifs is 1. The van der Waals surface area contributed by atoms with E-state index in [2.05, 4.69) is 4.98 Å². The van der Waals surface area contributed by atoms with Crippen LogP contribution in [0.2, 0.25) is 0 Å². The number of para-hydroxylation sites is 1. The molecule has 1 amide bonds. The van der Waals surface area contributed by atoms with Crippen LogP contribution in [0.3, 0.4) is 0 Å². The molecule has 3 rings (SSSR count). The third-order valence-electron chi connectivity index (χ3n) is 4.35. The van der Waals surface area contributed by atoms with Gasteiger partial charge in [0.25, 0.3) is 11.5 Å². The predicted molar refractivity (Wildman–Crippen MR) is 92.0 cm³/mol. The number of amides is 1. The molecule has 0 N–H and O–H groups in total. The molecule has 0 aliphatic carbocycles. The molecule has 1 fully saturated rings. The Hall–Kier alpha value is -2.70. The van der Waals surface area contributed by atoms with Gasteiger partial charge in [-0.3, -0.25) is 19.0 Å². The van der Waals surface area contributed by atoms with Gasteiger partial charge < -0.3 is 9.64 Å². The van der Waals surface area contributed by atoms with Crippen LogP contribution in [0.1, 0.15) is 26.2 Å². The molecule has 1 aromatic carbocycles. The molecule has 0 bridgehead atoms. The summed E-state index contributed by atoms with van der Waals surface area (Å²) in [5.74, 6) is -0.811. The smallest absolute Gasteiger partial charge is 0.326 e. The highest BCUT2D eigenvalue weighted by Crippen LogP contribution is 2.11. The molecule has 0 spiro atoms. The second-order valence-corrected chi connectivity index (χ2v) is 6.21. The fourth-order valence-corrected chi connectivity index (χ4v) is 3.01. The normalized spacial score (nSPS) is 15.8. The first-order valence-corrected chi connectivity index (χ1v) is 8.49. The van der Waals surface area contributed by atoms with E-state index < -0.39 is 12.1 Å². The van der Waals surface area contributed by atoms with E-state index >= 15 is 0 Å². The molecular weight excluding hydrogens is 322 g/mol. The molecule has 1 aliphatic rings. The lowest BCUT2D eigenvalue weighted by molar-refractivity contribution is -0.160. The average molecular weight is 343 g/mol. The Kier molecular flexibility index (Phi) is 5.11. The first-order chi connectivity index (χ1) is 12.1. The quantitative estimate of drug-likeness (QED) is 0.783. The summed E-state index contributed by atoms with van der Waals surface area (Å²) in [6, 6.07) is 6.93. The second kappa shape index (κ2) is 7.46. The zero-order chi connectivity index (χ0) is 17.8. The largest absolute Gasteiger partial charge is 0.451 e. The molecule has 0 unspecified atom stereocenters. The van der Waals surface area contributed by atoms with E-state index in [-0.39, 0.29) is 18.0 Å². The number of hydrogen-bond donors (Lipinski definition) is 0. The van der Waals surface area contributed by atoms with Crippen molar-refractivity contribution in [3.05, 3.63) is 40.9 Å². The molecule has 1 saturated heterocycles. The van der Waals surface area contributed by atoms with Gasteiger partial charge in [-0.25, -0.2) is 4.98 Å². The predicted octanol–water partition coefficient (Wildman–Crippen LogP) is 1.34. The zero-order valence-electron chi connectivity index (χ0n) is 14.2. The molecule has 7 heteroatoms. The van der Waals surface area contributed by atoms with Gasteiger partial charge in [-0.05, 0) is 38.3 Å². The van der Waals surface area contributed by atoms with Crippen molar-refractivity contribution in [1.29, 1.82) is 0 Å². The fourth-order valence-electron chi connectivity index (χ4n) is 3.01. The van der Waals surface area contributed by atoms with E-state index in [1.807, 2.05) is 0 Å². The number of nitrogens with zero attached hydrogens (tertiary/aromatic N) is 3. The van der Waals surface area contributed by atoms with Gasteiger partial charge in [0.05, 0.1) is 17.2 Å². The van der Waals surface area contributed by atoms with Gasteiger partial charge in [0.15, 0.2) is 6.10 Å². The number of carbonyl (C=O) groups excluding carboxylic acids is 2. The molecule has 1 aromatic heterocycles. The molecule has 0 radical (unpaired) electrons. The minimum absolute atomic E-state index is 0.183. The van der Waals surface area contributed by atoms with Gasteiger partial charge in [0.2, 0.25) is 0 Å². The van der Waals surface area contributed by atoms with Crippen molar-refractivity contribution in [3.63, 3.8) is 0 Å². The third-order valence-corrected chi connectivity index (χ3v) is 4.35. The van der Waals surface area contributed by atoms with Crippen molar-refractivity contribution < 1.29 is 14.3 Å². The van der Waals surface area contributed by atoms with Crippen LogP contribution in [0.4, 0.5) is 0 Å². The van der Waals surface area contributed by atoms with E-state index in [0.717, 1.165) is 19.3 Å². The number of ether oxygens (including phenoxy) is 1. The van der Waals surface area contributed by atoms with Crippen LogP contribution in [0.15, 0.2) is 35.4 Å². The summed E-state index contributed by atoms with van der Waals surface area (Å²) >= 11 is 0. The Balaban J connectivity index is 1.65. The first-order valence-electron chi connectivity index (χ1n) is 8.49. The minimum Gasteiger partial charge on any atom is -0.451 e. The number of rotatable bonds is 4. The number of esters is 1. The van der Waals surface area contributed by atoms with Crippen LogP contribution >= 0.6 is 0 Å². The van der Waals surface area contributed by atoms with Gasteiger partial charge in [-0.15, -0.1) is 0 Å². The molecule has 1 atom stereocenters. The molecule has 132 valence electrons.